The lowest BCUT2D eigenvalue weighted by Gasteiger charge is -2.12. The number of hydrogen-bond acceptors (Lipinski definition) is 3. The number of rotatable bonds is 5. The van der Waals surface area contributed by atoms with Gasteiger partial charge in [-0.3, -0.25) is 0 Å². The maximum Gasteiger partial charge on any atom is 0.349 e. The molecule has 0 unspecified atom stereocenters. The van der Waals surface area contributed by atoms with Gasteiger partial charge in [0.1, 0.15) is 11.5 Å². The van der Waals surface area contributed by atoms with Crippen molar-refractivity contribution in [3.05, 3.63) is 82.3 Å². The maximum atomic E-state index is 12.1. The molecule has 0 bridgehead atoms. The third kappa shape index (κ3) is 4.33. The van der Waals surface area contributed by atoms with E-state index in [1.165, 1.54) is 0 Å². The fourth-order valence-corrected chi connectivity index (χ4v) is 3.16. The molecule has 0 spiro atoms. The molecule has 0 fully saturated rings. The van der Waals surface area contributed by atoms with E-state index in [9.17, 15) is 4.79 Å². The summed E-state index contributed by atoms with van der Waals surface area (Å²) in [6, 6.07) is 21.6. The van der Waals surface area contributed by atoms with Crippen LogP contribution in [-0.2, 0) is 4.79 Å². The van der Waals surface area contributed by atoms with Gasteiger partial charge in [-0.2, -0.15) is 0 Å². The zero-order valence-corrected chi connectivity index (χ0v) is 16.2. The Balaban J connectivity index is 1.65. The van der Waals surface area contributed by atoms with Crippen molar-refractivity contribution in [3.63, 3.8) is 0 Å². The Kier molecular flexibility index (Phi) is 5.74. The Hall–Kier alpha value is -2.59. The van der Waals surface area contributed by atoms with Crippen LogP contribution in [0.1, 0.15) is 11.1 Å². The number of carbonyl (C=O) groups excluding carboxylic acids is 1. The van der Waals surface area contributed by atoms with Gasteiger partial charge < -0.3 is 9.47 Å². The van der Waals surface area contributed by atoms with Gasteiger partial charge in [-0.1, -0.05) is 54.6 Å². The molecule has 0 atom stereocenters. The highest BCUT2D eigenvalue weighted by atomic mass is 79.9. The van der Waals surface area contributed by atoms with E-state index in [0.717, 1.165) is 26.7 Å². The van der Waals surface area contributed by atoms with Crippen LogP contribution in [0.15, 0.2) is 71.2 Å². The zero-order valence-electron chi connectivity index (χ0n) is 14.7. The molecular formula is C22H19BrO3. The quantitative estimate of drug-likeness (QED) is 0.398. The molecule has 4 heteroatoms. The lowest BCUT2D eigenvalue weighted by Crippen LogP contribution is -2.18. The Bertz CT molecular complexity index is 900. The molecule has 0 saturated heterocycles. The van der Waals surface area contributed by atoms with Crippen LogP contribution in [0.2, 0.25) is 0 Å². The molecule has 3 rings (SSSR count). The summed E-state index contributed by atoms with van der Waals surface area (Å²) >= 11 is 3.51. The first kappa shape index (κ1) is 18.2. The lowest BCUT2D eigenvalue weighted by molar-refractivity contribution is -0.136. The number of halogens is 1. The first-order chi connectivity index (χ1) is 12.5. The standard InChI is InChI=1S/C22H19BrO3/c1-15-7-6-8-16(2)22(15)26-21(24)14-25-20-12-11-18(13-19(20)23)17-9-4-3-5-10-17/h3-13H,14H2,1-2H3. The SMILES string of the molecule is Cc1cccc(C)c1OC(=O)COc1ccc(-c2ccccc2)cc1Br. The van der Waals surface area contributed by atoms with Gasteiger partial charge in [0, 0.05) is 0 Å². The van der Waals surface area contributed by atoms with Gasteiger partial charge in [-0.25, -0.2) is 4.79 Å². The first-order valence-electron chi connectivity index (χ1n) is 8.29. The highest BCUT2D eigenvalue weighted by Crippen LogP contribution is 2.31. The summed E-state index contributed by atoms with van der Waals surface area (Å²) in [6.45, 7) is 3.67. The van der Waals surface area contributed by atoms with E-state index < -0.39 is 5.97 Å². The topological polar surface area (TPSA) is 35.5 Å². The predicted octanol–water partition coefficient (Wildman–Crippen LogP) is 5.72. The minimum atomic E-state index is -0.429. The molecule has 3 nitrogen and oxygen atoms in total. The minimum Gasteiger partial charge on any atom is -0.481 e. The summed E-state index contributed by atoms with van der Waals surface area (Å²) < 4.78 is 11.9. The highest BCUT2D eigenvalue weighted by molar-refractivity contribution is 9.10. The second-order valence-electron chi connectivity index (χ2n) is 5.99. The Morgan fingerprint density at radius 3 is 2.23 bits per heavy atom. The summed E-state index contributed by atoms with van der Waals surface area (Å²) in [5.74, 6) is 0.768. The van der Waals surface area contributed by atoms with Crippen molar-refractivity contribution < 1.29 is 14.3 Å². The molecule has 0 radical (unpaired) electrons. The number of ether oxygens (including phenoxy) is 2. The summed E-state index contributed by atoms with van der Waals surface area (Å²) in [7, 11) is 0. The van der Waals surface area contributed by atoms with Gasteiger partial charge in [0.25, 0.3) is 0 Å². The van der Waals surface area contributed by atoms with Crippen LogP contribution in [0, 0.1) is 13.8 Å². The van der Waals surface area contributed by atoms with Crippen LogP contribution in [0.4, 0.5) is 0 Å². The molecule has 0 aliphatic rings. The number of hydrogen-bond donors (Lipinski definition) is 0. The normalized spacial score (nSPS) is 10.4. The summed E-state index contributed by atoms with van der Waals surface area (Å²) in [5.41, 5.74) is 4.04. The third-order valence-corrected chi connectivity index (χ3v) is 4.63. The van der Waals surface area contributed by atoms with E-state index in [1.807, 2.05) is 80.6 Å². The zero-order chi connectivity index (χ0) is 18.5. The van der Waals surface area contributed by atoms with Crippen LogP contribution < -0.4 is 9.47 Å². The Morgan fingerprint density at radius 2 is 1.58 bits per heavy atom. The molecule has 0 saturated carbocycles. The fraction of sp³-hybridized carbons (Fsp3) is 0.136. The molecule has 0 amide bonds. The maximum absolute atomic E-state index is 12.1. The summed E-state index contributed by atoms with van der Waals surface area (Å²) in [6.07, 6.45) is 0. The number of para-hydroxylation sites is 1. The molecule has 0 heterocycles. The Labute approximate surface area is 161 Å². The van der Waals surface area contributed by atoms with Gasteiger partial charge in [-0.15, -0.1) is 0 Å². The number of benzene rings is 3. The molecule has 26 heavy (non-hydrogen) atoms. The molecule has 0 aliphatic heterocycles. The third-order valence-electron chi connectivity index (χ3n) is 4.01. The highest BCUT2D eigenvalue weighted by Gasteiger charge is 2.12. The molecular weight excluding hydrogens is 392 g/mol. The van der Waals surface area contributed by atoms with Crippen molar-refractivity contribution in [1.29, 1.82) is 0 Å². The molecule has 3 aromatic rings. The van der Waals surface area contributed by atoms with Crippen molar-refractivity contribution in [2.45, 2.75) is 13.8 Å². The van der Waals surface area contributed by atoms with Crippen LogP contribution in [0.25, 0.3) is 11.1 Å². The van der Waals surface area contributed by atoms with Crippen molar-refractivity contribution >= 4 is 21.9 Å². The van der Waals surface area contributed by atoms with E-state index in [-0.39, 0.29) is 6.61 Å². The number of carbonyl (C=O) groups is 1. The summed E-state index contributed by atoms with van der Waals surface area (Å²) in [5, 5.41) is 0. The van der Waals surface area contributed by atoms with Crippen molar-refractivity contribution in [1.82, 2.24) is 0 Å². The number of aryl methyl sites for hydroxylation is 2. The van der Waals surface area contributed by atoms with Gasteiger partial charge in [0.05, 0.1) is 4.47 Å². The summed E-state index contributed by atoms with van der Waals surface area (Å²) in [4.78, 5) is 12.1. The largest absolute Gasteiger partial charge is 0.481 e. The fourth-order valence-electron chi connectivity index (χ4n) is 2.67. The van der Waals surface area contributed by atoms with Gasteiger partial charge >= 0.3 is 5.97 Å². The van der Waals surface area contributed by atoms with Crippen molar-refractivity contribution in [3.8, 4) is 22.6 Å². The molecule has 0 aliphatic carbocycles. The van der Waals surface area contributed by atoms with Crippen molar-refractivity contribution in [2.75, 3.05) is 6.61 Å². The van der Waals surface area contributed by atoms with E-state index in [2.05, 4.69) is 15.9 Å². The minimum absolute atomic E-state index is 0.156. The Morgan fingerprint density at radius 1 is 0.885 bits per heavy atom. The van der Waals surface area contributed by atoms with Gasteiger partial charge in [0.15, 0.2) is 6.61 Å². The lowest BCUT2D eigenvalue weighted by atomic mass is 10.1. The smallest absolute Gasteiger partial charge is 0.349 e. The van der Waals surface area contributed by atoms with E-state index >= 15 is 0 Å². The average molecular weight is 411 g/mol. The average Bonchev–Trinajstić information content (AvgIpc) is 2.64. The van der Waals surface area contributed by atoms with Crippen LogP contribution in [0.5, 0.6) is 11.5 Å². The van der Waals surface area contributed by atoms with E-state index in [0.29, 0.717) is 11.5 Å². The molecule has 132 valence electrons. The monoisotopic (exact) mass is 410 g/mol. The van der Waals surface area contributed by atoms with Gasteiger partial charge in [0.2, 0.25) is 0 Å². The molecule has 0 N–H and O–H groups in total. The van der Waals surface area contributed by atoms with Crippen LogP contribution in [0.3, 0.4) is 0 Å². The second-order valence-corrected chi connectivity index (χ2v) is 6.85. The van der Waals surface area contributed by atoms with E-state index in [4.69, 9.17) is 9.47 Å². The molecule has 3 aromatic carbocycles. The van der Waals surface area contributed by atoms with Crippen molar-refractivity contribution in [2.24, 2.45) is 0 Å². The van der Waals surface area contributed by atoms with Gasteiger partial charge in [-0.05, 0) is 64.2 Å². The van der Waals surface area contributed by atoms with Crippen LogP contribution >= 0.6 is 15.9 Å². The van der Waals surface area contributed by atoms with E-state index in [1.54, 1.807) is 0 Å². The number of esters is 1. The predicted molar refractivity (Wildman–Crippen MR) is 107 cm³/mol. The first-order valence-corrected chi connectivity index (χ1v) is 9.08. The second kappa shape index (κ2) is 8.19. The molecule has 0 aromatic heterocycles. The van der Waals surface area contributed by atoms with Crippen LogP contribution in [-0.4, -0.2) is 12.6 Å².